The average molecular weight is 451 g/mol. The summed E-state index contributed by atoms with van der Waals surface area (Å²) in [7, 11) is 0. The van der Waals surface area contributed by atoms with E-state index in [-0.39, 0.29) is 12.4 Å². The average Bonchev–Trinajstić information content (AvgIpc) is 3.08. The van der Waals surface area contributed by atoms with Crippen molar-refractivity contribution in [2.45, 2.75) is 19.1 Å². The van der Waals surface area contributed by atoms with Crippen LogP contribution in [-0.2, 0) is 19.1 Å². The minimum Gasteiger partial charge on any atom is -0.460 e. The molecule has 3 rings (SSSR count). The van der Waals surface area contributed by atoms with E-state index in [1.54, 1.807) is 30.3 Å². The van der Waals surface area contributed by atoms with Crippen LogP contribution in [-0.4, -0.2) is 6.54 Å². The molecule has 1 aromatic heterocycles. The van der Waals surface area contributed by atoms with Gasteiger partial charge in [0, 0.05) is 15.6 Å². The Bertz CT molecular complexity index is 925. The first-order valence-electron chi connectivity index (χ1n) is 8.24. The molecule has 3 aromatic rings. The Morgan fingerprint density at radius 2 is 1.75 bits per heavy atom. The van der Waals surface area contributed by atoms with Gasteiger partial charge in [0.1, 0.15) is 11.5 Å². The Kier molecular flexibility index (Phi) is 7.84. The fourth-order valence-corrected chi connectivity index (χ4v) is 3.14. The molecule has 0 atom stereocenters. The van der Waals surface area contributed by atoms with Gasteiger partial charge in [0.15, 0.2) is 0 Å². The lowest BCUT2D eigenvalue weighted by Gasteiger charge is -2.07. The molecule has 0 amide bonds. The molecule has 1 heterocycles. The van der Waals surface area contributed by atoms with Crippen molar-refractivity contribution in [3.8, 4) is 11.3 Å². The number of rotatable bonds is 6. The van der Waals surface area contributed by atoms with Crippen molar-refractivity contribution in [1.29, 1.82) is 0 Å². The Labute approximate surface area is 177 Å². The molecule has 0 aliphatic heterocycles. The van der Waals surface area contributed by atoms with E-state index in [4.69, 9.17) is 27.6 Å². The highest BCUT2D eigenvalue weighted by atomic mass is 35.5. The van der Waals surface area contributed by atoms with Crippen LogP contribution in [0.5, 0.6) is 0 Å². The second-order valence-corrected chi connectivity index (χ2v) is 6.85. The van der Waals surface area contributed by atoms with Crippen LogP contribution >= 0.6 is 35.6 Å². The highest BCUT2D eigenvalue weighted by Gasteiger charge is 2.30. The summed E-state index contributed by atoms with van der Waals surface area (Å²) in [5, 5.41) is 4.44. The number of halogens is 6. The molecule has 1 N–H and O–H groups in total. The highest BCUT2D eigenvalue weighted by Crippen LogP contribution is 2.32. The van der Waals surface area contributed by atoms with Gasteiger partial charge in [0.05, 0.1) is 12.1 Å². The van der Waals surface area contributed by atoms with Crippen molar-refractivity contribution in [3.63, 3.8) is 0 Å². The molecule has 28 heavy (non-hydrogen) atoms. The molecule has 0 aliphatic carbocycles. The third-order valence-corrected chi connectivity index (χ3v) is 4.61. The van der Waals surface area contributed by atoms with Crippen LogP contribution in [0.1, 0.15) is 16.9 Å². The highest BCUT2D eigenvalue weighted by molar-refractivity contribution is 6.35. The third-order valence-electron chi connectivity index (χ3n) is 4.02. The molecule has 0 aliphatic rings. The number of nitrogens with one attached hydrogen (secondary N) is 1. The predicted octanol–water partition coefficient (Wildman–Crippen LogP) is 7.03. The fourth-order valence-electron chi connectivity index (χ4n) is 2.64. The fraction of sp³-hybridized carbons (Fsp3) is 0.200. The van der Waals surface area contributed by atoms with E-state index in [0.717, 1.165) is 24.1 Å². The van der Waals surface area contributed by atoms with E-state index in [2.05, 4.69) is 5.32 Å². The smallest absolute Gasteiger partial charge is 0.416 e. The zero-order chi connectivity index (χ0) is 19.4. The summed E-state index contributed by atoms with van der Waals surface area (Å²) < 4.78 is 44.1. The van der Waals surface area contributed by atoms with Crippen LogP contribution in [0.15, 0.2) is 59.0 Å². The van der Waals surface area contributed by atoms with Crippen LogP contribution < -0.4 is 5.32 Å². The van der Waals surface area contributed by atoms with Crippen LogP contribution in [0.25, 0.3) is 11.3 Å². The Hall–Kier alpha value is -1.66. The van der Waals surface area contributed by atoms with Crippen molar-refractivity contribution in [2.75, 3.05) is 6.54 Å². The summed E-state index contributed by atoms with van der Waals surface area (Å²) in [6.07, 6.45) is -3.66. The molecule has 2 nitrogen and oxygen atoms in total. The molecule has 0 fully saturated rings. The summed E-state index contributed by atoms with van der Waals surface area (Å²) in [6, 6.07) is 13.9. The van der Waals surface area contributed by atoms with Gasteiger partial charge in [-0.1, -0.05) is 41.4 Å². The van der Waals surface area contributed by atoms with Crippen LogP contribution in [0.4, 0.5) is 13.2 Å². The number of benzene rings is 2. The van der Waals surface area contributed by atoms with Crippen molar-refractivity contribution in [1.82, 2.24) is 5.32 Å². The van der Waals surface area contributed by atoms with Crippen molar-refractivity contribution >= 4 is 35.6 Å². The number of hydrogen-bond acceptors (Lipinski definition) is 2. The van der Waals surface area contributed by atoms with E-state index >= 15 is 0 Å². The molecule has 0 spiro atoms. The minimum atomic E-state index is -4.38. The van der Waals surface area contributed by atoms with Gasteiger partial charge in [-0.2, -0.15) is 13.2 Å². The van der Waals surface area contributed by atoms with E-state index in [0.29, 0.717) is 40.2 Å². The lowest BCUT2D eigenvalue weighted by molar-refractivity contribution is -0.137. The standard InChI is InChI=1S/C20H16Cl2F3NO.ClH/c21-16-5-4-13(18(22)11-16)8-9-26-12-17-6-7-19(27-17)14-2-1-3-15(10-14)20(23,24)25;/h1-7,10-11,26H,8-9,12H2;1H. The van der Waals surface area contributed by atoms with Crippen molar-refractivity contribution < 1.29 is 17.6 Å². The molecule has 2 aromatic carbocycles. The Morgan fingerprint density at radius 1 is 0.964 bits per heavy atom. The molecule has 8 heteroatoms. The topological polar surface area (TPSA) is 25.2 Å². The SMILES string of the molecule is Cl.FC(F)(F)c1cccc(-c2ccc(CNCCc3ccc(Cl)cc3Cl)o2)c1. The Balaban J connectivity index is 0.00000280. The molecule has 0 saturated heterocycles. The Morgan fingerprint density at radius 3 is 2.46 bits per heavy atom. The second-order valence-electron chi connectivity index (χ2n) is 6.01. The first-order chi connectivity index (χ1) is 12.8. The quantitative estimate of drug-likeness (QED) is 0.408. The summed E-state index contributed by atoms with van der Waals surface area (Å²) in [5.41, 5.74) is 0.678. The van der Waals surface area contributed by atoms with Gasteiger partial charge in [-0.25, -0.2) is 0 Å². The number of hydrogen-bond donors (Lipinski definition) is 1. The minimum absolute atomic E-state index is 0. The van der Waals surface area contributed by atoms with Gasteiger partial charge in [0.2, 0.25) is 0 Å². The summed E-state index contributed by atoms with van der Waals surface area (Å²) in [6.45, 7) is 1.13. The predicted molar refractivity (Wildman–Crippen MR) is 108 cm³/mol. The van der Waals surface area contributed by atoms with Crippen molar-refractivity contribution in [2.24, 2.45) is 0 Å². The van der Waals surface area contributed by atoms with Gasteiger partial charge in [-0.05, 0) is 54.9 Å². The zero-order valence-corrected chi connectivity index (χ0v) is 16.9. The maximum Gasteiger partial charge on any atom is 0.416 e. The van der Waals surface area contributed by atoms with Gasteiger partial charge in [-0.15, -0.1) is 12.4 Å². The maximum atomic E-state index is 12.8. The van der Waals surface area contributed by atoms with Crippen molar-refractivity contribution in [3.05, 3.63) is 81.5 Å². The number of alkyl halides is 3. The van der Waals surface area contributed by atoms with E-state index < -0.39 is 11.7 Å². The lowest BCUT2D eigenvalue weighted by atomic mass is 10.1. The largest absolute Gasteiger partial charge is 0.460 e. The normalized spacial score (nSPS) is 11.3. The van der Waals surface area contributed by atoms with Gasteiger partial charge >= 0.3 is 6.18 Å². The van der Waals surface area contributed by atoms with Gasteiger partial charge in [0.25, 0.3) is 0 Å². The first kappa shape index (κ1) is 22.6. The van der Waals surface area contributed by atoms with Crippen LogP contribution in [0.3, 0.4) is 0 Å². The van der Waals surface area contributed by atoms with Gasteiger partial charge in [-0.3, -0.25) is 0 Å². The maximum absolute atomic E-state index is 12.8. The lowest BCUT2D eigenvalue weighted by Crippen LogP contribution is -2.16. The molecular weight excluding hydrogens is 434 g/mol. The molecule has 0 bridgehead atoms. The van der Waals surface area contributed by atoms with Gasteiger partial charge < -0.3 is 9.73 Å². The summed E-state index contributed by atoms with van der Waals surface area (Å²) in [5.74, 6) is 1.04. The summed E-state index contributed by atoms with van der Waals surface area (Å²) >= 11 is 12.0. The molecule has 0 unspecified atom stereocenters. The van der Waals surface area contributed by atoms with Crippen LogP contribution in [0.2, 0.25) is 10.0 Å². The van der Waals surface area contributed by atoms with Crippen LogP contribution in [0, 0.1) is 0 Å². The molecule has 0 radical (unpaired) electrons. The molecule has 0 saturated carbocycles. The number of furan rings is 1. The monoisotopic (exact) mass is 449 g/mol. The van der Waals surface area contributed by atoms with E-state index in [1.807, 2.05) is 6.07 Å². The zero-order valence-electron chi connectivity index (χ0n) is 14.5. The third kappa shape index (κ3) is 5.92. The molecule has 150 valence electrons. The summed E-state index contributed by atoms with van der Waals surface area (Å²) in [4.78, 5) is 0. The van der Waals surface area contributed by atoms with E-state index in [9.17, 15) is 13.2 Å². The van der Waals surface area contributed by atoms with E-state index in [1.165, 1.54) is 6.07 Å². The molecular formula is C20H17Cl3F3NO. The second kappa shape index (κ2) is 9.70. The first-order valence-corrected chi connectivity index (χ1v) is 8.99.